The van der Waals surface area contributed by atoms with E-state index in [1.807, 2.05) is 0 Å². The fourth-order valence-electron chi connectivity index (χ4n) is 2.22. The third-order valence-corrected chi connectivity index (χ3v) is 3.40. The predicted molar refractivity (Wildman–Crippen MR) is 89.7 cm³/mol. The molecule has 7 nitrogen and oxygen atoms in total. The van der Waals surface area contributed by atoms with Gasteiger partial charge in [-0.05, 0) is 36.4 Å². The number of carboxylic acids is 1. The Morgan fingerprint density at radius 3 is 2.43 bits per heavy atom. The number of aromatic carboxylic acids is 1. The lowest BCUT2D eigenvalue weighted by Crippen LogP contribution is -2.17. The number of hydrogen-bond donors (Lipinski definition) is 1. The molecule has 0 aliphatic heterocycles. The van der Waals surface area contributed by atoms with Crippen LogP contribution in [0.3, 0.4) is 0 Å². The number of pyridine rings is 1. The van der Waals surface area contributed by atoms with Crippen LogP contribution in [0.5, 0.6) is 11.6 Å². The highest BCUT2D eigenvalue weighted by atomic mass is 19.4. The number of ether oxygens (including phenoxy) is 2. The SMILES string of the molecule is O=C(O)c1cnc(OCc2ccccn2)c(-c2ccc(OC(F)(F)F)cc2)n1. The van der Waals surface area contributed by atoms with E-state index in [1.165, 1.54) is 12.1 Å². The van der Waals surface area contributed by atoms with E-state index in [0.29, 0.717) is 11.3 Å². The molecule has 0 atom stereocenters. The number of carbonyl (C=O) groups is 1. The Morgan fingerprint density at radius 1 is 1.07 bits per heavy atom. The number of hydrogen-bond acceptors (Lipinski definition) is 6. The molecule has 2 aromatic heterocycles. The quantitative estimate of drug-likeness (QED) is 0.684. The Labute approximate surface area is 156 Å². The van der Waals surface area contributed by atoms with Crippen LogP contribution in [0.15, 0.2) is 54.9 Å². The van der Waals surface area contributed by atoms with Gasteiger partial charge in [0.15, 0.2) is 5.69 Å². The summed E-state index contributed by atoms with van der Waals surface area (Å²) in [4.78, 5) is 23.2. The Morgan fingerprint density at radius 2 is 1.82 bits per heavy atom. The van der Waals surface area contributed by atoms with Crippen LogP contribution < -0.4 is 9.47 Å². The molecule has 0 radical (unpaired) electrons. The number of carboxylic acid groups (broad SMARTS) is 1. The molecule has 2 heterocycles. The molecule has 3 rings (SSSR count). The fourth-order valence-corrected chi connectivity index (χ4v) is 2.22. The average molecular weight is 391 g/mol. The topological polar surface area (TPSA) is 94.4 Å². The molecular weight excluding hydrogens is 379 g/mol. The molecule has 0 amide bonds. The van der Waals surface area contributed by atoms with Crippen LogP contribution in [0.4, 0.5) is 13.2 Å². The molecule has 1 aromatic carbocycles. The summed E-state index contributed by atoms with van der Waals surface area (Å²) in [7, 11) is 0. The van der Waals surface area contributed by atoms with Gasteiger partial charge in [-0.25, -0.2) is 14.8 Å². The summed E-state index contributed by atoms with van der Waals surface area (Å²) >= 11 is 0. The highest BCUT2D eigenvalue weighted by Crippen LogP contribution is 2.30. The van der Waals surface area contributed by atoms with Crippen molar-refractivity contribution in [3.63, 3.8) is 0 Å². The predicted octanol–water partition coefficient (Wildman–Crippen LogP) is 3.71. The van der Waals surface area contributed by atoms with Gasteiger partial charge in [-0.1, -0.05) is 6.07 Å². The minimum atomic E-state index is -4.82. The van der Waals surface area contributed by atoms with Crippen LogP contribution in [0.25, 0.3) is 11.3 Å². The first-order valence-electron chi connectivity index (χ1n) is 7.81. The van der Waals surface area contributed by atoms with E-state index in [0.717, 1.165) is 18.3 Å². The Bertz CT molecular complexity index is 964. The number of benzene rings is 1. The molecule has 3 aromatic rings. The summed E-state index contributed by atoms with van der Waals surface area (Å²) in [6.45, 7) is 0.0458. The molecule has 0 saturated carbocycles. The van der Waals surface area contributed by atoms with Crippen molar-refractivity contribution in [1.82, 2.24) is 15.0 Å². The second-order valence-corrected chi connectivity index (χ2v) is 5.40. The van der Waals surface area contributed by atoms with Crippen LogP contribution in [0.1, 0.15) is 16.2 Å². The molecular formula is C18H12F3N3O4. The second kappa shape index (κ2) is 7.91. The van der Waals surface area contributed by atoms with E-state index >= 15 is 0 Å². The minimum absolute atomic E-state index is 0.0140. The largest absolute Gasteiger partial charge is 0.573 e. The standard InChI is InChI=1S/C18H12F3N3O4/c19-18(20,21)28-13-6-4-11(5-7-13)15-16(23-9-14(24-15)17(25)26)27-10-12-3-1-2-8-22-12/h1-9H,10H2,(H,25,26). The maximum atomic E-state index is 12.3. The lowest BCUT2D eigenvalue weighted by molar-refractivity contribution is -0.274. The van der Waals surface area contributed by atoms with Crippen molar-refractivity contribution < 1.29 is 32.5 Å². The monoisotopic (exact) mass is 391 g/mol. The molecule has 0 fully saturated rings. The van der Waals surface area contributed by atoms with Gasteiger partial charge in [0.25, 0.3) is 0 Å². The zero-order valence-corrected chi connectivity index (χ0v) is 14.1. The maximum Gasteiger partial charge on any atom is 0.573 e. The third kappa shape index (κ3) is 4.93. The molecule has 0 aliphatic rings. The molecule has 0 saturated heterocycles. The third-order valence-electron chi connectivity index (χ3n) is 3.40. The first-order valence-corrected chi connectivity index (χ1v) is 7.81. The van der Waals surface area contributed by atoms with E-state index in [4.69, 9.17) is 9.84 Å². The first-order chi connectivity index (χ1) is 13.3. The van der Waals surface area contributed by atoms with E-state index in [-0.39, 0.29) is 23.9 Å². The first kappa shape index (κ1) is 19.1. The fraction of sp³-hybridized carbons (Fsp3) is 0.111. The van der Waals surface area contributed by atoms with Crippen molar-refractivity contribution in [3.05, 3.63) is 66.2 Å². The Hall–Kier alpha value is -3.69. The van der Waals surface area contributed by atoms with E-state index in [1.54, 1.807) is 24.4 Å². The highest BCUT2D eigenvalue weighted by Gasteiger charge is 2.31. The van der Waals surface area contributed by atoms with Crippen LogP contribution in [0, 0.1) is 0 Å². The van der Waals surface area contributed by atoms with Gasteiger partial charge in [0, 0.05) is 11.8 Å². The van der Waals surface area contributed by atoms with Gasteiger partial charge in [0.05, 0.1) is 11.9 Å². The smallest absolute Gasteiger partial charge is 0.476 e. The van der Waals surface area contributed by atoms with Crippen molar-refractivity contribution in [2.24, 2.45) is 0 Å². The minimum Gasteiger partial charge on any atom is -0.476 e. The zero-order chi connectivity index (χ0) is 20.1. The summed E-state index contributed by atoms with van der Waals surface area (Å²) in [6, 6.07) is 9.99. The molecule has 0 bridgehead atoms. The maximum absolute atomic E-state index is 12.3. The summed E-state index contributed by atoms with van der Waals surface area (Å²) in [5.74, 6) is -1.71. The van der Waals surface area contributed by atoms with E-state index in [9.17, 15) is 18.0 Å². The van der Waals surface area contributed by atoms with Crippen LogP contribution in [-0.2, 0) is 6.61 Å². The van der Waals surface area contributed by atoms with Crippen molar-refractivity contribution in [3.8, 4) is 22.9 Å². The van der Waals surface area contributed by atoms with Crippen LogP contribution in [0.2, 0.25) is 0 Å². The van der Waals surface area contributed by atoms with Crippen molar-refractivity contribution in [2.75, 3.05) is 0 Å². The lowest BCUT2D eigenvalue weighted by Gasteiger charge is -2.12. The van der Waals surface area contributed by atoms with Crippen molar-refractivity contribution >= 4 is 5.97 Å². The van der Waals surface area contributed by atoms with Crippen molar-refractivity contribution in [1.29, 1.82) is 0 Å². The summed E-state index contributed by atoms with van der Waals surface area (Å²) in [5, 5.41) is 9.13. The van der Waals surface area contributed by atoms with Gasteiger partial charge in [-0.15, -0.1) is 13.2 Å². The molecule has 0 unspecified atom stereocenters. The number of alkyl halides is 3. The van der Waals surface area contributed by atoms with Gasteiger partial charge in [-0.2, -0.15) is 0 Å². The Balaban J connectivity index is 1.90. The van der Waals surface area contributed by atoms with Gasteiger partial charge < -0.3 is 14.6 Å². The number of nitrogens with zero attached hydrogens (tertiary/aromatic N) is 3. The van der Waals surface area contributed by atoms with Crippen molar-refractivity contribution in [2.45, 2.75) is 13.0 Å². The molecule has 10 heteroatoms. The lowest BCUT2D eigenvalue weighted by atomic mass is 10.1. The normalized spacial score (nSPS) is 11.1. The summed E-state index contributed by atoms with van der Waals surface area (Å²) in [6.07, 6.45) is -2.21. The zero-order valence-electron chi connectivity index (χ0n) is 14.1. The van der Waals surface area contributed by atoms with Gasteiger partial charge >= 0.3 is 12.3 Å². The summed E-state index contributed by atoms with van der Waals surface area (Å²) < 4.78 is 46.3. The van der Waals surface area contributed by atoms with Crippen LogP contribution >= 0.6 is 0 Å². The van der Waals surface area contributed by atoms with E-state index in [2.05, 4.69) is 19.7 Å². The average Bonchev–Trinajstić information content (AvgIpc) is 2.66. The number of halogens is 3. The highest BCUT2D eigenvalue weighted by molar-refractivity contribution is 5.86. The number of rotatable bonds is 6. The van der Waals surface area contributed by atoms with Gasteiger partial charge in [0.1, 0.15) is 18.1 Å². The van der Waals surface area contributed by atoms with Gasteiger partial charge in [-0.3, -0.25) is 4.98 Å². The number of aromatic nitrogens is 3. The molecule has 28 heavy (non-hydrogen) atoms. The molecule has 1 N–H and O–H groups in total. The molecule has 144 valence electrons. The Kier molecular flexibility index (Phi) is 5.39. The van der Waals surface area contributed by atoms with Gasteiger partial charge in [0.2, 0.25) is 5.88 Å². The van der Waals surface area contributed by atoms with E-state index < -0.39 is 18.1 Å². The summed E-state index contributed by atoms with van der Waals surface area (Å²) in [5.41, 5.74) is 0.637. The molecule has 0 spiro atoms. The molecule has 0 aliphatic carbocycles. The second-order valence-electron chi connectivity index (χ2n) is 5.40. The van der Waals surface area contributed by atoms with Crippen LogP contribution in [-0.4, -0.2) is 32.4 Å².